The van der Waals surface area contributed by atoms with E-state index >= 15 is 0 Å². The van der Waals surface area contributed by atoms with Crippen molar-refractivity contribution in [2.45, 2.75) is 19.9 Å². The summed E-state index contributed by atoms with van der Waals surface area (Å²) in [5.41, 5.74) is 5.35. The highest BCUT2D eigenvalue weighted by Crippen LogP contribution is 2.28. The molecule has 1 amide bonds. The molecule has 6 heteroatoms. The van der Waals surface area contributed by atoms with E-state index in [0.29, 0.717) is 12.1 Å². The summed E-state index contributed by atoms with van der Waals surface area (Å²) >= 11 is 0. The molecule has 140 valence electrons. The Balaban J connectivity index is 1.63. The van der Waals surface area contributed by atoms with Gasteiger partial charge in [-0.05, 0) is 29.7 Å². The molecular weight excluding hydrogens is 350 g/mol. The molecule has 0 saturated heterocycles. The molecule has 0 spiro atoms. The monoisotopic (exact) mass is 371 g/mol. The lowest BCUT2D eigenvalue weighted by Gasteiger charge is -2.08. The molecule has 6 nitrogen and oxygen atoms in total. The summed E-state index contributed by atoms with van der Waals surface area (Å²) in [6.45, 7) is 2.59. The number of carbonyl (C=O) groups is 1. The van der Waals surface area contributed by atoms with Crippen LogP contribution in [0.3, 0.4) is 0 Å². The van der Waals surface area contributed by atoms with Crippen molar-refractivity contribution in [1.29, 1.82) is 0 Å². The van der Waals surface area contributed by atoms with Gasteiger partial charge in [0.15, 0.2) is 0 Å². The molecular formula is C22H21N5O. The van der Waals surface area contributed by atoms with Crippen molar-refractivity contribution >= 4 is 16.8 Å². The average Bonchev–Trinajstić information content (AvgIpc) is 3.10. The number of fused-ring (bicyclic) bond motifs is 1. The van der Waals surface area contributed by atoms with Crippen LogP contribution in [0, 0.1) is 0 Å². The zero-order chi connectivity index (χ0) is 19.5. The number of nitrogens with one attached hydrogen (secondary N) is 1. The van der Waals surface area contributed by atoms with Gasteiger partial charge in [-0.25, -0.2) is 0 Å². The molecule has 3 aromatic heterocycles. The third-order valence-electron chi connectivity index (χ3n) is 4.83. The van der Waals surface area contributed by atoms with Crippen LogP contribution >= 0.6 is 0 Å². The van der Waals surface area contributed by atoms with Gasteiger partial charge in [0, 0.05) is 49.3 Å². The van der Waals surface area contributed by atoms with Crippen LogP contribution in [-0.4, -0.2) is 25.7 Å². The van der Waals surface area contributed by atoms with Crippen LogP contribution in [0.4, 0.5) is 0 Å². The molecule has 1 N–H and O–H groups in total. The third-order valence-corrected chi connectivity index (χ3v) is 4.83. The minimum atomic E-state index is -0.165. The first-order valence-corrected chi connectivity index (χ1v) is 9.24. The van der Waals surface area contributed by atoms with Gasteiger partial charge in [0.25, 0.3) is 5.91 Å². The lowest BCUT2D eigenvalue weighted by Crippen LogP contribution is -2.23. The van der Waals surface area contributed by atoms with Crippen molar-refractivity contribution in [1.82, 2.24) is 25.1 Å². The van der Waals surface area contributed by atoms with Crippen LogP contribution in [0.5, 0.6) is 0 Å². The Morgan fingerprint density at radius 3 is 2.43 bits per heavy atom. The fraction of sp³-hybridized carbons (Fsp3) is 0.182. The molecule has 4 aromatic rings. The van der Waals surface area contributed by atoms with E-state index in [9.17, 15) is 4.79 Å². The number of aryl methyl sites for hydroxylation is 2. The maximum absolute atomic E-state index is 12.9. The van der Waals surface area contributed by atoms with Gasteiger partial charge >= 0.3 is 0 Å². The van der Waals surface area contributed by atoms with Crippen molar-refractivity contribution in [3.05, 3.63) is 77.9 Å². The molecule has 0 bridgehead atoms. The van der Waals surface area contributed by atoms with Crippen molar-refractivity contribution in [2.24, 2.45) is 7.05 Å². The Hall–Kier alpha value is -3.54. The summed E-state index contributed by atoms with van der Waals surface area (Å²) in [6.07, 6.45) is 7.79. The molecule has 0 radical (unpaired) electrons. The second-order valence-electron chi connectivity index (χ2n) is 6.64. The van der Waals surface area contributed by atoms with E-state index in [1.54, 1.807) is 29.5 Å². The number of pyridine rings is 2. The van der Waals surface area contributed by atoms with Crippen LogP contribution in [0.25, 0.3) is 22.2 Å². The topological polar surface area (TPSA) is 72.7 Å². The number of aromatic nitrogens is 4. The summed E-state index contributed by atoms with van der Waals surface area (Å²) in [6, 6.07) is 12.1. The number of benzene rings is 1. The summed E-state index contributed by atoms with van der Waals surface area (Å²) < 4.78 is 1.73. The lowest BCUT2D eigenvalue weighted by atomic mass is 10.1. The highest BCUT2D eigenvalue weighted by atomic mass is 16.1. The van der Waals surface area contributed by atoms with E-state index in [4.69, 9.17) is 0 Å². The quantitative estimate of drug-likeness (QED) is 0.583. The Labute approximate surface area is 163 Å². The second kappa shape index (κ2) is 7.60. The van der Waals surface area contributed by atoms with E-state index in [0.717, 1.165) is 34.1 Å². The predicted octanol–water partition coefficient (Wildman–Crippen LogP) is 3.52. The number of rotatable bonds is 5. The third kappa shape index (κ3) is 3.36. The highest BCUT2D eigenvalue weighted by Gasteiger charge is 2.18. The molecule has 0 fully saturated rings. The average molecular weight is 371 g/mol. The Bertz CT molecular complexity index is 1120. The number of hydrogen-bond donors (Lipinski definition) is 1. The SMILES string of the molecule is CCc1ccc(CNC(=O)c2cncc3c(-c4ccncc4)nn(C)c23)cc1. The Morgan fingerprint density at radius 2 is 1.71 bits per heavy atom. The molecule has 3 heterocycles. The van der Waals surface area contributed by atoms with E-state index in [1.807, 2.05) is 31.3 Å². The van der Waals surface area contributed by atoms with Gasteiger partial charge in [-0.3, -0.25) is 19.4 Å². The number of nitrogens with zero attached hydrogens (tertiary/aromatic N) is 4. The van der Waals surface area contributed by atoms with Gasteiger partial charge in [0.05, 0.1) is 11.1 Å². The molecule has 0 aliphatic rings. The van der Waals surface area contributed by atoms with Crippen LogP contribution in [0.15, 0.2) is 61.2 Å². The zero-order valence-electron chi connectivity index (χ0n) is 15.9. The molecule has 0 aliphatic heterocycles. The van der Waals surface area contributed by atoms with E-state index in [2.05, 4.69) is 39.4 Å². The Kier molecular flexibility index (Phi) is 4.85. The molecule has 0 aliphatic carbocycles. The summed E-state index contributed by atoms with van der Waals surface area (Å²) in [5, 5.41) is 8.44. The van der Waals surface area contributed by atoms with Gasteiger partial charge in [-0.1, -0.05) is 31.2 Å². The second-order valence-corrected chi connectivity index (χ2v) is 6.64. The van der Waals surface area contributed by atoms with Gasteiger partial charge in [-0.15, -0.1) is 0 Å². The molecule has 28 heavy (non-hydrogen) atoms. The van der Waals surface area contributed by atoms with Gasteiger partial charge < -0.3 is 5.32 Å². The summed E-state index contributed by atoms with van der Waals surface area (Å²) in [4.78, 5) is 21.2. The number of amides is 1. The summed E-state index contributed by atoms with van der Waals surface area (Å²) in [7, 11) is 1.84. The minimum absolute atomic E-state index is 0.165. The molecule has 4 rings (SSSR count). The van der Waals surface area contributed by atoms with Crippen molar-refractivity contribution in [3.63, 3.8) is 0 Å². The zero-order valence-corrected chi connectivity index (χ0v) is 15.9. The van der Waals surface area contributed by atoms with Crippen LogP contribution in [0.1, 0.15) is 28.4 Å². The first-order valence-electron chi connectivity index (χ1n) is 9.24. The molecule has 0 saturated carbocycles. The summed E-state index contributed by atoms with van der Waals surface area (Å²) in [5.74, 6) is -0.165. The lowest BCUT2D eigenvalue weighted by molar-refractivity contribution is 0.0952. The molecule has 0 unspecified atom stereocenters. The first-order chi connectivity index (χ1) is 13.7. The van der Waals surface area contributed by atoms with Gasteiger partial charge in [0.2, 0.25) is 0 Å². The standard InChI is InChI=1S/C22H21N5O/c1-3-15-4-6-16(7-5-15)12-25-22(28)19-14-24-13-18-20(26-27(2)21(18)19)17-8-10-23-11-9-17/h4-11,13-14H,3,12H2,1-2H3,(H,25,28). The fourth-order valence-electron chi connectivity index (χ4n) is 3.29. The molecule has 0 atom stereocenters. The van der Waals surface area contributed by atoms with Crippen molar-refractivity contribution in [3.8, 4) is 11.3 Å². The normalized spacial score (nSPS) is 10.9. The maximum Gasteiger partial charge on any atom is 0.255 e. The van der Waals surface area contributed by atoms with Crippen molar-refractivity contribution < 1.29 is 4.79 Å². The highest BCUT2D eigenvalue weighted by molar-refractivity contribution is 6.08. The number of carbonyl (C=O) groups excluding carboxylic acids is 1. The van der Waals surface area contributed by atoms with Crippen molar-refractivity contribution in [2.75, 3.05) is 0 Å². The first kappa shape index (κ1) is 17.9. The van der Waals surface area contributed by atoms with Crippen LogP contribution in [-0.2, 0) is 20.0 Å². The predicted molar refractivity (Wildman–Crippen MR) is 109 cm³/mol. The largest absolute Gasteiger partial charge is 0.348 e. The fourth-order valence-corrected chi connectivity index (χ4v) is 3.29. The van der Waals surface area contributed by atoms with Gasteiger partial charge in [0.1, 0.15) is 5.69 Å². The van der Waals surface area contributed by atoms with Crippen LogP contribution < -0.4 is 5.32 Å². The molecule has 1 aromatic carbocycles. The van der Waals surface area contributed by atoms with E-state index in [1.165, 1.54) is 5.56 Å². The maximum atomic E-state index is 12.9. The van der Waals surface area contributed by atoms with Gasteiger partial charge in [-0.2, -0.15) is 5.10 Å². The smallest absolute Gasteiger partial charge is 0.255 e. The van der Waals surface area contributed by atoms with Crippen LogP contribution in [0.2, 0.25) is 0 Å². The minimum Gasteiger partial charge on any atom is -0.348 e. The Morgan fingerprint density at radius 1 is 1.00 bits per heavy atom. The number of hydrogen-bond acceptors (Lipinski definition) is 4. The van der Waals surface area contributed by atoms with E-state index in [-0.39, 0.29) is 5.91 Å². The van der Waals surface area contributed by atoms with E-state index < -0.39 is 0 Å².